The SMILES string of the molecule is O=C(c1ccc(=O)[nH]c1)N1CCC2(CCCN(CC3CCCCC3)C2=O)C1. The molecule has 4 rings (SSSR count). The van der Waals surface area contributed by atoms with Gasteiger partial charge in [0.05, 0.1) is 11.0 Å². The van der Waals surface area contributed by atoms with Crippen LogP contribution in [0.2, 0.25) is 0 Å². The van der Waals surface area contributed by atoms with E-state index in [4.69, 9.17) is 0 Å². The van der Waals surface area contributed by atoms with E-state index in [2.05, 4.69) is 9.88 Å². The molecule has 6 nitrogen and oxygen atoms in total. The fourth-order valence-electron chi connectivity index (χ4n) is 5.16. The van der Waals surface area contributed by atoms with E-state index in [1.54, 1.807) is 11.0 Å². The lowest BCUT2D eigenvalue weighted by Crippen LogP contribution is -2.51. The van der Waals surface area contributed by atoms with E-state index in [-0.39, 0.29) is 17.4 Å². The van der Waals surface area contributed by atoms with Crippen LogP contribution >= 0.6 is 0 Å². The van der Waals surface area contributed by atoms with Gasteiger partial charge in [-0.15, -0.1) is 0 Å². The average molecular weight is 371 g/mol. The second kappa shape index (κ2) is 7.49. The molecule has 2 aliphatic heterocycles. The molecule has 3 fully saturated rings. The van der Waals surface area contributed by atoms with Crippen LogP contribution in [0.15, 0.2) is 23.1 Å². The maximum atomic E-state index is 13.3. The Balaban J connectivity index is 1.43. The molecular weight excluding hydrogens is 342 g/mol. The van der Waals surface area contributed by atoms with Crippen molar-refractivity contribution < 1.29 is 9.59 Å². The highest BCUT2D eigenvalue weighted by Crippen LogP contribution is 2.41. The zero-order chi connectivity index (χ0) is 18.9. The standard InChI is InChI=1S/C21H29N3O3/c25-18-8-7-17(13-22-18)19(26)24-12-10-21(15-24)9-4-11-23(20(21)27)14-16-5-2-1-3-6-16/h7-8,13,16H,1-6,9-12,14-15H2,(H,22,25). The Hall–Kier alpha value is -2.11. The van der Waals surface area contributed by atoms with Crippen LogP contribution in [0.4, 0.5) is 0 Å². The van der Waals surface area contributed by atoms with Gasteiger partial charge < -0.3 is 14.8 Å². The van der Waals surface area contributed by atoms with Crippen molar-refractivity contribution in [2.24, 2.45) is 11.3 Å². The summed E-state index contributed by atoms with van der Waals surface area (Å²) < 4.78 is 0. The molecule has 1 aliphatic carbocycles. The minimum absolute atomic E-state index is 0.0969. The van der Waals surface area contributed by atoms with Crippen molar-refractivity contribution in [2.45, 2.75) is 51.4 Å². The molecule has 1 spiro atoms. The van der Waals surface area contributed by atoms with Gasteiger partial charge in [-0.1, -0.05) is 19.3 Å². The second-order valence-electron chi connectivity index (χ2n) is 8.56. The summed E-state index contributed by atoms with van der Waals surface area (Å²) in [7, 11) is 0. The van der Waals surface area contributed by atoms with Crippen LogP contribution in [0.3, 0.4) is 0 Å². The summed E-state index contributed by atoms with van der Waals surface area (Å²) in [5.74, 6) is 0.814. The lowest BCUT2D eigenvalue weighted by atomic mass is 9.77. The Bertz CT molecular complexity index is 748. The van der Waals surface area contributed by atoms with Crippen LogP contribution < -0.4 is 5.56 Å². The van der Waals surface area contributed by atoms with Crippen LogP contribution in [0, 0.1) is 11.3 Å². The number of nitrogens with zero attached hydrogens (tertiary/aromatic N) is 2. The first-order chi connectivity index (χ1) is 13.1. The quantitative estimate of drug-likeness (QED) is 0.887. The van der Waals surface area contributed by atoms with Gasteiger partial charge in [-0.3, -0.25) is 14.4 Å². The van der Waals surface area contributed by atoms with E-state index < -0.39 is 5.41 Å². The lowest BCUT2D eigenvalue weighted by Gasteiger charge is -2.41. The molecule has 2 saturated heterocycles. The van der Waals surface area contributed by atoms with E-state index in [9.17, 15) is 14.4 Å². The average Bonchev–Trinajstić information content (AvgIpc) is 3.12. The van der Waals surface area contributed by atoms with Gasteiger partial charge in [0.2, 0.25) is 11.5 Å². The van der Waals surface area contributed by atoms with E-state index in [1.807, 2.05) is 0 Å². The zero-order valence-electron chi connectivity index (χ0n) is 15.9. The van der Waals surface area contributed by atoms with Gasteiger partial charge >= 0.3 is 0 Å². The van der Waals surface area contributed by atoms with Crippen molar-refractivity contribution in [2.75, 3.05) is 26.2 Å². The lowest BCUT2D eigenvalue weighted by molar-refractivity contribution is -0.146. The molecule has 0 bridgehead atoms. The van der Waals surface area contributed by atoms with E-state index in [0.29, 0.717) is 24.6 Å². The van der Waals surface area contributed by atoms with Gasteiger partial charge in [-0.05, 0) is 44.1 Å². The Kier molecular flexibility index (Phi) is 5.06. The molecule has 1 unspecified atom stereocenters. The van der Waals surface area contributed by atoms with Crippen molar-refractivity contribution in [3.63, 3.8) is 0 Å². The number of aromatic nitrogens is 1. The molecule has 1 saturated carbocycles. The third-order valence-electron chi connectivity index (χ3n) is 6.70. The minimum Gasteiger partial charge on any atom is -0.342 e. The topological polar surface area (TPSA) is 73.5 Å². The predicted molar refractivity (Wildman–Crippen MR) is 102 cm³/mol. The number of aromatic amines is 1. The van der Waals surface area contributed by atoms with Gasteiger partial charge in [0, 0.05) is 38.4 Å². The zero-order valence-corrected chi connectivity index (χ0v) is 15.9. The number of piperidine rings is 1. The van der Waals surface area contributed by atoms with Crippen LogP contribution in [0.1, 0.15) is 61.7 Å². The summed E-state index contributed by atoms with van der Waals surface area (Å²) in [5.41, 5.74) is -0.135. The summed E-state index contributed by atoms with van der Waals surface area (Å²) >= 11 is 0. The monoisotopic (exact) mass is 371 g/mol. The highest BCUT2D eigenvalue weighted by Gasteiger charge is 2.49. The number of hydrogen-bond acceptors (Lipinski definition) is 3. The highest BCUT2D eigenvalue weighted by atomic mass is 16.2. The Morgan fingerprint density at radius 1 is 1.07 bits per heavy atom. The molecule has 1 N–H and O–H groups in total. The number of hydrogen-bond donors (Lipinski definition) is 1. The highest BCUT2D eigenvalue weighted by molar-refractivity contribution is 5.95. The largest absolute Gasteiger partial charge is 0.342 e. The van der Waals surface area contributed by atoms with Crippen molar-refractivity contribution >= 4 is 11.8 Å². The van der Waals surface area contributed by atoms with Gasteiger partial charge in [0.15, 0.2) is 0 Å². The second-order valence-corrected chi connectivity index (χ2v) is 8.56. The first-order valence-corrected chi connectivity index (χ1v) is 10.3. The van der Waals surface area contributed by atoms with E-state index >= 15 is 0 Å². The molecule has 1 aromatic rings. The van der Waals surface area contributed by atoms with Crippen LogP contribution in [-0.2, 0) is 4.79 Å². The molecule has 0 radical (unpaired) electrons. The van der Waals surface area contributed by atoms with Crippen LogP contribution in [-0.4, -0.2) is 52.8 Å². The number of rotatable bonds is 3. The third kappa shape index (κ3) is 3.66. The molecular formula is C21H29N3O3. The fraction of sp³-hybridized carbons (Fsp3) is 0.667. The normalized spacial score (nSPS) is 26.7. The van der Waals surface area contributed by atoms with E-state index in [1.165, 1.54) is 44.4 Å². The molecule has 3 heterocycles. The fourth-order valence-corrected chi connectivity index (χ4v) is 5.16. The maximum absolute atomic E-state index is 13.3. The summed E-state index contributed by atoms with van der Waals surface area (Å²) in [6, 6.07) is 2.93. The summed E-state index contributed by atoms with van der Waals surface area (Å²) in [6.07, 6.45) is 10.5. The van der Waals surface area contributed by atoms with Gasteiger partial charge in [-0.2, -0.15) is 0 Å². The molecule has 0 aromatic carbocycles. The first-order valence-electron chi connectivity index (χ1n) is 10.3. The summed E-state index contributed by atoms with van der Waals surface area (Å²) in [5, 5.41) is 0. The molecule has 146 valence electrons. The predicted octanol–water partition coefficient (Wildman–Crippen LogP) is 2.41. The Labute approximate surface area is 159 Å². The smallest absolute Gasteiger partial charge is 0.255 e. The number of likely N-dealkylation sites (tertiary alicyclic amines) is 2. The number of amides is 2. The number of carbonyl (C=O) groups is 2. The molecule has 27 heavy (non-hydrogen) atoms. The van der Waals surface area contributed by atoms with Crippen molar-refractivity contribution in [1.82, 2.24) is 14.8 Å². The molecule has 1 aromatic heterocycles. The maximum Gasteiger partial charge on any atom is 0.255 e. The molecule has 1 atom stereocenters. The molecule has 6 heteroatoms. The number of carbonyl (C=O) groups excluding carboxylic acids is 2. The Morgan fingerprint density at radius 2 is 1.89 bits per heavy atom. The van der Waals surface area contributed by atoms with E-state index in [0.717, 1.165) is 32.4 Å². The Morgan fingerprint density at radius 3 is 2.63 bits per heavy atom. The molecule has 3 aliphatic rings. The summed E-state index contributed by atoms with van der Waals surface area (Å²) in [6.45, 7) is 2.88. The number of pyridine rings is 1. The van der Waals surface area contributed by atoms with Crippen LogP contribution in [0.5, 0.6) is 0 Å². The van der Waals surface area contributed by atoms with Crippen LogP contribution in [0.25, 0.3) is 0 Å². The summed E-state index contributed by atoms with van der Waals surface area (Å²) in [4.78, 5) is 43.7. The van der Waals surface area contributed by atoms with Crippen molar-refractivity contribution in [1.29, 1.82) is 0 Å². The van der Waals surface area contributed by atoms with Gasteiger partial charge in [0.25, 0.3) is 5.91 Å². The molecule has 2 amide bonds. The van der Waals surface area contributed by atoms with Crippen molar-refractivity contribution in [3.8, 4) is 0 Å². The number of nitrogens with one attached hydrogen (secondary N) is 1. The van der Waals surface area contributed by atoms with Gasteiger partial charge in [-0.25, -0.2) is 0 Å². The van der Waals surface area contributed by atoms with Gasteiger partial charge in [0.1, 0.15) is 0 Å². The number of H-pyrrole nitrogens is 1. The first kappa shape index (κ1) is 18.3. The third-order valence-corrected chi connectivity index (χ3v) is 6.70. The minimum atomic E-state index is -0.398. The van der Waals surface area contributed by atoms with Crippen molar-refractivity contribution in [3.05, 3.63) is 34.2 Å².